The van der Waals surface area contributed by atoms with Crippen molar-refractivity contribution in [3.63, 3.8) is 0 Å². The van der Waals surface area contributed by atoms with Crippen LogP contribution in [0.5, 0.6) is 5.75 Å². The highest BCUT2D eigenvalue weighted by Gasteiger charge is 2.08. The molecule has 0 aliphatic heterocycles. The predicted octanol–water partition coefficient (Wildman–Crippen LogP) is 4.47. The molecule has 98 valence electrons. The fraction of sp³-hybridized carbons (Fsp3) is 0.0714. The van der Waals surface area contributed by atoms with Crippen molar-refractivity contribution < 1.29 is 9.53 Å². The molecule has 1 amide bonds. The van der Waals surface area contributed by atoms with Crippen LogP contribution in [0.1, 0.15) is 10.4 Å². The van der Waals surface area contributed by atoms with Gasteiger partial charge in [0.1, 0.15) is 5.75 Å². The molecule has 5 heteroatoms. The Balaban J connectivity index is 2.15. The predicted molar refractivity (Wildman–Crippen MR) is 82.8 cm³/mol. The monoisotopic (exact) mass is 383 g/mol. The number of carbonyl (C=O) groups is 1. The molecule has 1 N–H and O–H groups in total. The van der Waals surface area contributed by atoms with E-state index in [1.807, 2.05) is 6.07 Å². The Morgan fingerprint density at radius 2 is 1.63 bits per heavy atom. The normalized spacial score (nSPS) is 10.1. The summed E-state index contributed by atoms with van der Waals surface area (Å²) in [5.74, 6) is 0.593. The van der Waals surface area contributed by atoms with Gasteiger partial charge in [0.05, 0.1) is 7.11 Å². The van der Waals surface area contributed by atoms with E-state index in [0.29, 0.717) is 5.56 Å². The number of rotatable bonds is 3. The van der Waals surface area contributed by atoms with Gasteiger partial charge >= 0.3 is 0 Å². The fourth-order valence-electron chi connectivity index (χ4n) is 1.56. The van der Waals surface area contributed by atoms with Gasteiger partial charge in [0.2, 0.25) is 0 Å². The molecule has 19 heavy (non-hydrogen) atoms. The summed E-state index contributed by atoms with van der Waals surface area (Å²) in [6, 6.07) is 12.6. The average Bonchev–Trinajstić information content (AvgIpc) is 2.38. The highest BCUT2D eigenvalue weighted by atomic mass is 79.9. The van der Waals surface area contributed by atoms with E-state index in [-0.39, 0.29) is 5.91 Å². The highest BCUT2D eigenvalue weighted by molar-refractivity contribution is 9.11. The molecule has 0 spiro atoms. The van der Waals surface area contributed by atoms with E-state index < -0.39 is 0 Å². The maximum atomic E-state index is 12.1. The summed E-state index contributed by atoms with van der Waals surface area (Å²) in [7, 11) is 1.60. The lowest BCUT2D eigenvalue weighted by atomic mass is 10.2. The Morgan fingerprint density at radius 1 is 1.05 bits per heavy atom. The third-order valence-electron chi connectivity index (χ3n) is 2.47. The molecular weight excluding hydrogens is 374 g/mol. The van der Waals surface area contributed by atoms with E-state index in [1.54, 1.807) is 43.5 Å². The first kappa shape index (κ1) is 14.1. The second-order valence-corrected chi connectivity index (χ2v) is 5.67. The number of methoxy groups -OCH3 is 1. The Labute approximate surface area is 128 Å². The summed E-state index contributed by atoms with van der Waals surface area (Å²) in [5.41, 5.74) is 1.30. The van der Waals surface area contributed by atoms with Crippen LogP contribution in [-0.2, 0) is 0 Å². The first-order valence-electron chi connectivity index (χ1n) is 5.50. The van der Waals surface area contributed by atoms with Crippen molar-refractivity contribution in [3.8, 4) is 5.75 Å². The van der Waals surface area contributed by atoms with Crippen LogP contribution in [0.25, 0.3) is 0 Å². The van der Waals surface area contributed by atoms with Crippen LogP contribution in [0.2, 0.25) is 0 Å². The molecule has 2 aromatic rings. The van der Waals surface area contributed by atoms with Gasteiger partial charge in [0.15, 0.2) is 0 Å². The van der Waals surface area contributed by atoms with E-state index in [0.717, 1.165) is 20.4 Å². The lowest BCUT2D eigenvalue weighted by molar-refractivity contribution is 0.102. The van der Waals surface area contributed by atoms with Gasteiger partial charge in [-0.2, -0.15) is 0 Å². The summed E-state index contributed by atoms with van der Waals surface area (Å²) >= 11 is 6.72. The molecule has 2 rings (SSSR count). The van der Waals surface area contributed by atoms with Crippen LogP contribution >= 0.6 is 31.9 Å². The third kappa shape index (κ3) is 3.81. The molecular formula is C14H11Br2NO2. The number of hydrogen-bond acceptors (Lipinski definition) is 2. The van der Waals surface area contributed by atoms with Gasteiger partial charge in [-0.05, 0) is 42.5 Å². The van der Waals surface area contributed by atoms with E-state index in [2.05, 4.69) is 37.2 Å². The van der Waals surface area contributed by atoms with Crippen LogP contribution in [0.3, 0.4) is 0 Å². The summed E-state index contributed by atoms with van der Waals surface area (Å²) < 4.78 is 6.76. The Kier molecular flexibility index (Phi) is 4.61. The summed E-state index contributed by atoms with van der Waals surface area (Å²) in [6.45, 7) is 0. The van der Waals surface area contributed by atoms with E-state index in [1.165, 1.54) is 0 Å². The second-order valence-electron chi connectivity index (χ2n) is 3.84. The van der Waals surface area contributed by atoms with E-state index >= 15 is 0 Å². The van der Waals surface area contributed by atoms with Crippen LogP contribution in [0, 0.1) is 0 Å². The number of amides is 1. The van der Waals surface area contributed by atoms with Crippen molar-refractivity contribution in [2.75, 3.05) is 12.4 Å². The number of carbonyl (C=O) groups excluding carboxylic acids is 1. The molecule has 0 saturated carbocycles. The van der Waals surface area contributed by atoms with Crippen LogP contribution in [0.4, 0.5) is 5.69 Å². The number of ether oxygens (including phenoxy) is 1. The van der Waals surface area contributed by atoms with E-state index in [9.17, 15) is 4.79 Å². The van der Waals surface area contributed by atoms with Crippen LogP contribution in [0.15, 0.2) is 51.4 Å². The van der Waals surface area contributed by atoms with Gasteiger partial charge < -0.3 is 10.1 Å². The summed E-state index contributed by atoms with van der Waals surface area (Å²) in [5, 5.41) is 2.83. The van der Waals surface area contributed by atoms with Gasteiger partial charge in [-0.15, -0.1) is 0 Å². The second kappa shape index (κ2) is 6.21. The number of hydrogen-bond donors (Lipinski definition) is 1. The molecule has 0 aliphatic rings. The lowest BCUT2D eigenvalue weighted by Gasteiger charge is -2.07. The van der Waals surface area contributed by atoms with Crippen molar-refractivity contribution in [1.82, 2.24) is 0 Å². The topological polar surface area (TPSA) is 38.3 Å². The molecule has 0 fully saturated rings. The Hall–Kier alpha value is -1.33. The average molecular weight is 385 g/mol. The molecule has 3 nitrogen and oxygen atoms in total. The highest BCUT2D eigenvalue weighted by Crippen LogP contribution is 2.21. The van der Waals surface area contributed by atoms with Gasteiger partial charge in [-0.25, -0.2) is 0 Å². The minimum Gasteiger partial charge on any atom is -0.497 e. The van der Waals surface area contributed by atoms with Crippen molar-refractivity contribution in [2.45, 2.75) is 0 Å². The zero-order chi connectivity index (χ0) is 13.8. The number of halogens is 2. The Bertz CT molecular complexity index is 577. The largest absolute Gasteiger partial charge is 0.497 e. The molecule has 0 radical (unpaired) electrons. The maximum absolute atomic E-state index is 12.1. The Morgan fingerprint density at radius 3 is 2.16 bits per heavy atom. The van der Waals surface area contributed by atoms with Gasteiger partial charge in [0, 0.05) is 20.2 Å². The molecule has 0 saturated heterocycles. The molecule has 2 aromatic carbocycles. The fourth-order valence-corrected chi connectivity index (χ4v) is 2.86. The molecule has 0 aliphatic carbocycles. The smallest absolute Gasteiger partial charge is 0.255 e. The standard InChI is InChI=1S/C14H11Br2NO2/c1-19-13-4-2-12(3-5-13)17-14(18)9-6-10(15)8-11(16)7-9/h2-8H,1H3,(H,17,18). The van der Waals surface area contributed by atoms with Crippen molar-refractivity contribution >= 4 is 43.5 Å². The SMILES string of the molecule is COc1ccc(NC(=O)c2cc(Br)cc(Br)c2)cc1. The molecule has 0 heterocycles. The van der Waals surface area contributed by atoms with Crippen LogP contribution in [-0.4, -0.2) is 13.0 Å². The number of anilines is 1. The van der Waals surface area contributed by atoms with Gasteiger partial charge in [0.25, 0.3) is 5.91 Å². The first-order chi connectivity index (χ1) is 9.08. The summed E-state index contributed by atoms with van der Waals surface area (Å²) in [6.07, 6.45) is 0. The maximum Gasteiger partial charge on any atom is 0.255 e. The van der Waals surface area contributed by atoms with E-state index in [4.69, 9.17) is 4.74 Å². The summed E-state index contributed by atoms with van der Waals surface area (Å²) in [4.78, 5) is 12.1. The third-order valence-corrected chi connectivity index (χ3v) is 3.39. The van der Waals surface area contributed by atoms with Crippen molar-refractivity contribution in [3.05, 3.63) is 57.0 Å². The first-order valence-corrected chi connectivity index (χ1v) is 7.08. The van der Waals surface area contributed by atoms with Crippen molar-refractivity contribution in [2.24, 2.45) is 0 Å². The quantitative estimate of drug-likeness (QED) is 0.847. The molecule has 0 atom stereocenters. The number of benzene rings is 2. The van der Waals surface area contributed by atoms with Crippen LogP contribution < -0.4 is 10.1 Å². The number of nitrogens with one attached hydrogen (secondary N) is 1. The van der Waals surface area contributed by atoms with Gasteiger partial charge in [-0.3, -0.25) is 4.79 Å². The molecule has 0 unspecified atom stereocenters. The minimum atomic E-state index is -0.160. The minimum absolute atomic E-state index is 0.160. The molecule has 0 bridgehead atoms. The van der Waals surface area contributed by atoms with Crippen molar-refractivity contribution in [1.29, 1.82) is 0 Å². The lowest BCUT2D eigenvalue weighted by Crippen LogP contribution is -2.11. The van der Waals surface area contributed by atoms with Gasteiger partial charge in [-0.1, -0.05) is 31.9 Å². The zero-order valence-corrected chi connectivity index (χ0v) is 13.3. The zero-order valence-electron chi connectivity index (χ0n) is 10.1. The molecule has 0 aromatic heterocycles.